The van der Waals surface area contributed by atoms with Crippen LogP contribution >= 0.6 is 0 Å². The van der Waals surface area contributed by atoms with Crippen LogP contribution in [0.2, 0.25) is 0 Å². The van der Waals surface area contributed by atoms with E-state index in [4.69, 9.17) is 4.74 Å². The smallest absolute Gasteiger partial charge is 0.165 e. The van der Waals surface area contributed by atoms with Gasteiger partial charge in [-0.3, -0.25) is 0 Å². The Labute approximate surface area is 173 Å². The minimum Gasteiger partial charge on any atom is -0.487 e. The van der Waals surface area contributed by atoms with Gasteiger partial charge in [0.15, 0.2) is 17.7 Å². The Morgan fingerprint density at radius 2 is 1.45 bits per heavy atom. The summed E-state index contributed by atoms with van der Waals surface area (Å²) in [4.78, 5) is 8.56. The number of aromatic nitrogens is 2. The topological polar surface area (TPSA) is 35.0 Å². The lowest BCUT2D eigenvalue weighted by Crippen LogP contribution is -2.23. The average Bonchev–Trinajstić information content (AvgIpc) is 2.77. The maximum Gasteiger partial charge on any atom is 0.165 e. The van der Waals surface area contributed by atoms with Gasteiger partial charge in [0, 0.05) is 5.56 Å². The monoisotopic (exact) mass is 404 g/mol. The fraction of sp³-hybridized carbons (Fsp3) is 0.583. The number of nitrogens with zero attached hydrogens (tertiary/aromatic N) is 2. The Morgan fingerprint density at radius 1 is 0.828 bits per heavy atom. The molecule has 5 heteroatoms. The van der Waals surface area contributed by atoms with E-state index in [0.717, 1.165) is 12.0 Å². The van der Waals surface area contributed by atoms with E-state index in [1.807, 2.05) is 12.1 Å². The molecule has 2 atom stereocenters. The van der Waals surface area contributed by atoms with Crippen LogP contribution in [0.3, 0.4) is 0 Å². The van der Waals surface area contributed by atoms with Crippen molar-refractivity contribution in [1.29, 1.82) is 0 Å². The predicted molar refractivity (Wildman–Crippen MR) is 115 cm³/mol. The second-order valence-electron chi connectivity index (χ2n) is 7.56. The molecule has 0 bridgehead atoms. The highest BCUT2D eigenvalue weighted by Gasteiger charge is 2.19. The third kappa shape index (κ3) is 8.46. The summed E-state index contributed by atoms with van der Waals surface area (Å²) in [5.41, 5.74) is 2.26. The molecule has 3 nitrogen and oxygen atoms in total. The molecule has 160 valence electrons. The van der Waals surface area contributed by atoms with Gasteiger partial charge in [0.2, 0.25) is 0 Å². The summed E-state index contributed by atoms with van der Waals surface area (Å²) in [7, 11) is 0. The molecule has 1 heterocycles. The second kappa shape index (κ2) is 13.2. The van der Waals surface area contributed by atoms with Gasteiger partial charge in [-0.25, -0.2) is 18.7 Å². The molecule has 0 saturated heterocycles. The van der Waals surface area contributed by atoms with E-state index in [1.54, 1.807) is 6.92 Å². The van der Waals surface area contributed by atoms with Crippen molar-refractivity contribution in [1.82, 2.24) is 9.97 Å². The first-order chi connectivity index (χ1) is 14.1. The number of unbranched alkanes of at least 4 members (excludes halogenated alkanes) is 6. The molecule has 29 heavy (non-hydrogen) atoms. The SMILES string of the molecule is CCCCCCCCCc1ccc(-c2ncc(OCC(F)C(F)CC)cn2)cc1. The van der Waals surface area contributed by atoms with Crippen LogP contribution in [0.25, 0.3) is 11.4 Å². The van der Waals surface area contributed by atoms with E-state index in [-0.39, 0.29) is 13.0 Å². The Balaban J connectivity index is 1.76. The Morgan fingerprint density at radius 3 is 2.07 bits per heavy atom. The van der Waals surface area contributed by atoms with Crippen LogP contribution in [0.5, 0.6) is 5.75 Å². The van der Waals surface area contributed by atoms with Crippen molar-refractivity contribution in [2.75, 3.05) is 6.61 Å². The number of alkyl halides is 2. The Bertz CT molecular complexity index is 676. The highest BCUT2D eigenvalue weighted by atomic mass is 19.2. The lowest BCUT2D eigenvalue weighted by molar-refractivity contribution is 0.106. The standard InChI is InChI=1S/C24H34F2N2O/c1-3-5-6-7-8-9-10-11-19-12-14-20(15-13-19)24-27-16-21(17-28-24)29-18-23(26)22(25)4-2/h12-17,22-23H,3-11,18H2,1-2H3. The van der Waals surface area contributed by atoms with E-state index in [9.17, 15) is 8.78 Å². The summed E-state index contributed by atoms with van der Waals surface area (Å²) >= 11 is 0. The van der Waals surface area contributed by atoms with E-state index >= 15 is 0 Å². The van der Waals surface area contributed by atoms with Crippen LogP contribution in [0.15, 0.2) is 36.7 Å². The van der Waals surface area contributed by atoms with Gasteiger partial charge in [0.1, 0.15) is 12.8 Å². The van der Waals surface area contributed by atoms with Gasteiger partial charge in [-0.2, -0.15) is 0 Å². The Hall–Kier alpha value is -2.04. The zero-order valence-corrected chi connectivity index (χ0v) is 17.7. The molecule has 0 saturated carbocycles. The third-order valence-corrected chi connectivity index (χ3v) is 5.10. The highest BCUT2D eigenvalue weighted by molar-refractivity contribution is 5.55. The maximum absolute atomic E-state index is 13.5. The van der Waals surface area contributed by atoms with Crippen LogP contribution < -0.4 is 4.74 Å². The zero-order valence-electron chi connectivity index (χ0n) is 17.7. The minimum absolute atomic E-state index is 0.134. The van der Waals surface area contributed by atoms with Crippen LogP contribution in [-0.4, -0.2) is 28.9 Å². The molecule has 2 unspecified atom stereocenters. The zero-order chi connectivity index (χ0) is 20.9. The van der Waals surface area contributed by atoms with E-state index in [0.29, 0.717) is 11.6 Å². The summed E-state index contributed by atoms with van der Waals surface area (Å²) < 4.78 is 32.0. The van der Waals surface area contributed by atoms with Gasteiger partial charge in [-0.1, -0.05) is 76.6 Å². The third-order valence-electron chi connectivity index (χ3n) is 5.10. The number of hydrogen-bond donors (Lipinski definition) is 0. The van der Waals surface area contributed by atoms with Gasteiger partial charge >= 0.3 is 0 Å². The summed E-state index contributed by atoms with van der Waals surface area (Å²) in [6, 6.07) is 8.30. The van der Waals surface area contributed by atoms with E-state index < -0.39 is 12.3 Å². The molecule has 1 aromatic heterocycles. The predicted octanol–water partition coefficient (Wildman–Crippen LogP) is 6.90. The molecular formula is C24H34F2N2O. The van der Waals surface area contributed by atoms with Crippen molar-refractivity contribution in [2.24, 2.45) is 0 Å². The van der Waals surface area contributed by atoms with E-state index in [1.165, 1.54) is 62.9 Å². The second-order valence-corrected chi connectivity index (χ2v) is 7.56. The molecule has 0 radical (unpaired) electrons. The Kier molecular flexibility index (Phi) is 10.6. The van der Waals surface area contributed by atoms with Gasteiger partial charge in [-0.15, -0.1) is 0 Å². The lowest BCUT2D eigenvalue weighted by atomic mass is 10.0. The van der Waals surface area contributed by atoms with Crippen molar-refractivity contribution in [3.63, 3.8) is 0 Å². The first-order valence-corrected chi connectivity index (χ1v) is 11.0. The first-order valence-electron chi connectivity index (χ1n) is 11.0. The number of halogens is 2. The number of hydrogen-bond acceptors (Lipinski definition) is 3. The molecule has 0 aliphatic carbocycles. The van der Waals surface area contributed by atoms with Crippen molar-refractivity contribution < 1.29 is 13.5 Å². The average molecular weight is 405 g/mol. The largest absolute Gasteiger partial charge is 0.487 e. The molecule has 2 rings (SSSR count). The molecule has 0 fully saturated rings. The van der Waals surface area contributed by atoms with Gasteiger partial charge < -0.3 is 4.74 Å². The van der Waals surface area contributed by atoms with Crippen LogP contribution in [-0.2, 0) is 6.42 Å². The molecule has 2 aromatic rings. The van der Waals surface area contributed by atoms with Crippen molar-refractivity contribution in [2.45, 2.75) is 84.0 Å². The molecule has 0 aliphatic heterocycles. The normalized spacial score (nSPS) is 13.2. The molecule has 0 N–H and O–H groups in total. The van der Waals surface area contributed by atoms with E-state index in [2.05, 4.69) is 29.0 Å². The number of benzene rings is 1. The van der Waals surface area contributed by atoms with Crippen molar-refractivity contribution in [3.8, 4) is 17.1 Å². The maximum atomic E-state index is 13.5. The molecule has 0 spiro atoms. The highest BCUT2D eigenvalue weighted by Crippen LogP contribution is 2.19. The van der Waals surface area contributed by atoms with Crippen LogP contribution in [0.1, 0.15) is 70.8 Å². The molecule has 0 aliphatic rings. The fourth-order valence-corrected chi connectivity index (χ4v) is 3.18. The van der Waals surface area contributed by atoms with Crippen molar-refractivity contribution in [3.05, 3.63) is 42.2 Å². The van der Waals surface area contributed by atoms with Gasteiger partial charge in [0.25, 0.3) is 0 Å². The molecule has 1 aromatic carbocycles. The summed E-state index contributed by atoms with van der Waals surface area (Å²) in [6.45, 7) is 3.52. The minimum atomic E-state index is -1.64. The number of ether oxygens (including phenoxy) is 1. The quantitative estimate of drug-likeness (QED) is 0.321. The first kappa shape index (κ1) is 23.2. The summed E-state index contributed by atoms with van der Waals surface area (Å²) in [5.74, 6) is 0.934. The lowest BCUT2D eigenvalue weighted by Gasteiger charge is -2.12. The van der Waals surface area contributed by atoms with Gasteiger partial charge in [0.05, 0.1) is 12.4 Å². The summed E-state index contributed by atoms with van der Waals surface area (Å²) in [6.07, 6.45) is 10.3. The number of rotatable bonds is 14. The van der Waals surface area contributed by atoms with Crippen LogP contribution in [0, 0.1) is 0 Å². The molecular weight excluding hydrogens is 370 g/mol. The molecule has 0 amide bonds. The van der Waals surface area contributed by atoms with Gasteiger partial charge in [-0.05, 0) is 24.8 Å². The fourth-order valence-electron chi connectivity index (χ4n) is 3.18. The number of aryl methyl sites for hydroxylation is 1. The van der Waals surface area contributed by atoms with Crippen LogP contribution in [0.4, 0.5) is 8.78 Å². The van der Waals surface area contributed by atoms with Crippen molar-refractivity contribution >= 4 is 0 Å². The summed E-state index contributed by atoms with van der Waals surface area (Å²) in [5, 5.41) is 0.